The number of nitrogens with one attached hydrogen (secondary N) is 2. The van der Waals surface area contributed by atoms with E-state index in [1.807, 2.05) is 6.92 Å². The average molecular weight is 232 g/mol. The van der Waals surface area contributed by atoms with Gasteiger partial charge in [-0.25, -0.2) is 0 Å². The Morgan fingerprint density at radius 2 is 1.69 bits per heavy atom. The van der Waals surface area contributed by atoms with Crippen molar-refractivity contribution >= 4 is 5.69 Å². The van der Waals surface area contributed by atoms with Gasteiger partial charge in [-0.3, -0.25) is 0 Å². The molecule has 0 aliphatic rings. The SMILES string of the molecule is CCNCCNc1ccc(C(F)(F)F)cc1. The van der Waals surface area contributed by atoms with Crippen LogP contribution < -0.4 is 10.6 Å². The van der Waals surface area contributed by atoms with E-state index in [0.717, 1.165) is 25.2 Å². The number of benzene rings is 1. The van der Waals surface area contributed by atoms with E-state index in [1.54, 1.807) is 0 Å². The van der Waals surface area contributed by atoms with Gasteiger partial charge in [-0.15, -0.1) is 0 Å². The quantitative estimate of drug-likeness (QED) is 0.763. The average Bonchev–Trinajstić information content (AvgIpc) is 2.24. The van der Waals surface area contributed by atoms with Crippen LogP contribution in [0.25, 0.3) is 0 Å². The van der Waals surface area contributed by atoms with Gasteiger partial charge in [-0.05, 0) is 30.8 Å². The summed E-state index contributed by atoms with van der Waals surface area (Å²) in [5.74, 6) is 0. The van der Waals surface area contributed by atoms with E-state index >= 15 is 0 Å². The Hall–Kier alpha value is -1.23. The fraction of sp³-hybridized carbons (Fsp3) is 0.455. The molecule has 0 aliphatic carbocycles. The van der Waals surface area contributed by atoms with Crippen LogP contribution in [0.4, 0.5) is 18.9 Å². The molecule has 0 spiro atoms. The third-order valence-corrected chi connectivity index (χ3v) is 2.09. The molecule has 0 atom stereocenters. The highest BCUT2D eigenvalue weighted by Crippen LogP contribution is 2.29. The van der Waals surface area contributed by atoms with E-state index < -0.39 is 11.7 Å². The van der Waals surface area contributed by atoms with E-state index in [1.165, 1.54) is 12.1 Å². The molecule has 1 aromatic rings. The summed E-state index contributed by atoms with van der Waals surface area (Å²) in [6.07, 6.45) is -4.26. The third-order valence-electron chi connectivity index (χ3n) is 2.09. The Balaban J connectivity index is 2.46. The number of hydrogen-bond donors (Lipinski definition) is 2. The van der Waals surface area contributed by atoms with Crippen LogP contribution in [0.5, 0.6) is 0 Å². The fourth-order valence-corrected chi connectivity index (χ4v) is 1.25. The molecule has 0 unspecified atom stereocenters. The highest BCUT2D eigenvalue weighted by molar-refractivity contribution is 5.45. The second-order valence-electron chi connectivity index (χ2n) is 3.36. The molecule has 0 bridgehead atoms. The summed E-state index contributed by atoms with van der Waals surface area (Å²) in [7, 11) is 0. The fourth-order valence-electron chi connectivity index (χ4n) is 1.25. The maximum atomic E-state index is 12.2. The Morgan fingerprint density at radius 3 is 2.19 bits per heavy atom. The topological polar surface area (TPSA) is 24.1 Å². The van der Waals surface area contributed by atoms with Crippen LogP contribution in [0.3, 0.4) is 0 Å². The maximum Gasteiger partial charge on any atom is 0.416 e. The summed E-state index contributed by atoms with van der Waals surface area (Å²) < 4.78 is 36.7. The molecule has 5 heteroatoms. The molecular formula is C11H15F3N2. The Bertz CT molecular complexity index is 306. The second-order valence-corrected chi connectivity index (χ2v) is 3.36. The summed E-state index contributed by atoms with van der Waals surface area (Å²) in [5.41, 5.74) is 0.0793. The molecule has 1 rings (SSSR count). The van der Waals surface area contributed by atoms with Crippen molar-refractivity contribution in [2.24, 2.45) is 0 Å². The molecule has 0 aromatic heterocycles. The molecule has 0 fully saturated rings. The summed E-state index contributed by atoms with van der Waals surface area (Å²) in [6, 6.07) is 5.04. The van der Waals surface area contributed by atoms with Gasteiger partial charge in [-0.1, -0.05) is 6.92 Å². The molecule has 0 saturated carbocycles. The Labute approximate surface area is 92.9 Å². The van der Waals surface area contributed by atoms with Crippen molar-refractivity contribution in [1.29, 1.82) is 0 Å². The van der Waals surface area contributed by atoms with Crippen LogP contribution in [0.1, 0.15) is 12.5 Å². The first kappa shape index (κ1) is 12.8. The van der Waals surface area contributed by atoms with Gasteiger partial charge in [0.05, 0.1) is 5.56 Å². The molecular weight excluding hydrogens is 217 g/mol. The van der Waals surface area contributed by atoms with Crippen molar-refractivity contribution in [3.8, 4) is 0 Å². The van der Waals surface area contributed by atoms with Crippen molar-refractivity contribution in [3.63, 3.8) is 0 Å². The van der Waals surface area contributed by atoms with Crippen LogP contribution >= 0.6 is 0 Å². The van der Waals surface area contributed by atoms with Crippen LogP contribution in [0, 0.1) is 0 Å². The summed E-state index contributed by atoms with van der Waals surface area (Å²) in [4.78, 5) is 0. The predicted octanol–water partition coefficient (Wildman–Crippen LogP) is 2.73. The normalized spacial score (nSPS) is 11.5. The number of likely N-dealkylation sites (N-methyl/N-ethyl adjacent to an activating group) is 1. The largest absolute Gasteiger partial charge is 0.416 e. The van der Waals surface area contributed by atoms with Crippen LogP contribution in [0.15, 0.2) is 24.3 Å². The number of rotatable bonds is 5. The highest BCUT2D eigenvalue weighted by atomic mass is 19.4. The van der Waals surface area contributed by atoms with Crippen molar-refractivity contribution < 1.29 is 13.2 Å². The summed E-state index contributed by atoms with van der Waals surface area (Å²) in [5, 5.41) is 6.14. The molecule has 0 aliphatic heterocycles. The van der Waals surface area contributed by atoms with Crippen molar-refractivity contribution in [3.05, 3.63) is 29.8 Å². The van der Waals surface area contributed by atoms with E-state index in [-0.39, 0.29) is 0 Å². The monoisotopic (exact) mass is 232 g/mol. The van der Waals surface area contributed by atoms with E-state index in [4.69, 9.17) is 0 Å². The maximum absolute atomic E-state index is 12.2. The zero-order chi connectivity index (χ0) is 12.0. The number of halogens is 3. The van der Waals surface area contributed by atoms with Crippen molar-refractivity contribution in [2.45, 2.75) is 13.1 Å². The smallest absolute Gasteiger partial charge is 0.384 e. The molecule has 16 heavy (non-hydrogen) atoms. The van der Waals surface area contributed by atoms with Gasteiger partial charge in [0.1, 0.15) is 0 Å². The summed E-state index contributed by atoms with van der Waals surface area (Å²) in [6.45, 7) is 4.36. The molecule has 2 N–H and O–H groups in total. The Kier molecular flexibility index (Phi) is 4.61. The number of hydrogen-bond acceptors (Lipinski definition) is 2. The molecule has 1 aromatic carbocycles. The lowest BCUT2D eigenvalue weighted by molar-refractivity contribution is -0.137. The van der Waals surface area contributed by atoms with Gasteiger partial charge < -0.3 is 10.6 Å². The van der Waals surface area contributed by atoms with Gasteiger partial charge in [-0.2, -0.15) is 13.2 Å². The molecule has 90 valence electrons. The van der Waals surface area contributed by atoms with Gasteiger partial charge in [0.25, 0.3) is 0 Å². The van der Waals surface area contributed by atoms with E-state index in [9.17, 15) is 13.2 Å². The van der Waals surface area contributed by atoms with Gasteiger partial charge >= 0.3 is 6.18 Å². The molecule has 0 heterocycles. The second kappa shape index (κ2) is 5.75. The zero-order valence-electron chi connectivity index (χ0n) is 9.06. The number of alkyl halides is 3. The van der Waals surface area contributed by atoms with Gasteiger partial charge in [0.2, 0.25) is 0 Å². The lowest BCUT2D eigenvalue weighted by Gasteiger charge is -2.09. The van der Waals surface area contributed by atoms with Crippen molar-refractivity contribution in [2.75, 3.05) is 25.0 Å². The van der Waals surface area contributed by atoms with E-state index in [2.05, 4.69) is 10.6 Å². The first-order valence-electron chi connectivity index (χ1n) is 5.16. The standard InChI is InChI=1S/C11H15F3N2/c1-2-15-7-8-16-10-5-3-9(4-6-10)11(12,13)14/h3-6,15-16H,2,7-8H2,1H3. The third kappa shape index (κ3) is 4.10. The first-order valence-corrected chi connectivity index (χ1v) is 5.16. The molecule has 2 nitrogen and oxygen atoms in total. The van der Waals surface area contributed by atoms with E-state index in [0.29, 0.717) is 12.2 Å². The van der Waals surface area contributed by atoms with Gasteiger partial charge in [0, 0.05) is 18.8 Å². The van der Waals surface area contributed by atoms with Crippen LogP contribution in [-0.2, 0) is 6.18 Å². The highest BCUT2D eigenvalue weighted by Gasteiger charge is 2.29. The summed E-state index contributed by atoms with van der Waals surface area (Å²) >= 11 is 0. The van der Waals surface area contributed by atoms with Crippen LogP contribution in [0.2, 0.25) is 0 Å². The minimum absolute atomic E-state index is 0.621. The molecule has 0 saturated heterocycles. The number of anilines is 1. The molecule has 0 amide bonds. The van der Waals surface area contributed by atoms with Gasteiger partial charge in [0.15, 0.2) is 0 Å². The lowest BCUT2D eigenvalue weighted by Crippen LogP contribution is -2.21. The van der Waals surface area contributed by atoms with Crippen LogP contribution in [-0.4, -0.2) is 19.6 Å². The first-order chi connectivity index (χ1) is 7.54. The predicted molar refractivity (Wildman–Crippen MR) is 58.5 cm³/mol. The van der Waals surface area contributed by atoms with Crippen molar-refractivity contribution in [1.82, 2.24) is 5.32 Å². The Morgan fingerprint density at radius 1 is 1.06 bits per heavy atom. The zero-order valence-corrected chi connectivity index (χ0v) is 9.06. The minimum Gasteiger partial charge on any atom is -0.384 e. The molecule has 0 radical (unpaired) electrons. The minimum atomic E-state index is -4.26. The lowest BCUT2D eigenvalue weighted by atomic mass is 10.2.